The summed E-state index contributed by atoms with van der Waals surface area (Å²) >= 11 is 0. The molecule has 0 aliphatic heterocycles. The molecule has 4 rings (SSSR count). The number of aryl methyl sites for hydroxylation is 1. The van der Waals surface area contributed by atoms with Gasteiger partial charge in [0, 0.05) is 12.2 Å². The van der Waals surface area contributed by atoms with Crippen LogP contribution in [0.5, 0.6) is 0 Å². The summed E-state index contributed by atoms with van der Waals surface area (Å²) in [7, 11) is 0. The van der Waals surface area contributed by atoms with E-state index in [2.05, 4.69) is 37.8 Å². The first-order valence-corrected chi connectivity index (χ1v) is 9.72. The monoisotopic (exact) mass is 427 g/mol. The fourth-order valence-electron chi connectivity index (χ4n) is 3.05. The zero-order chi connectivity index (χ0) is 21.8. The van der Waals surface area contributed by atoms with Crippen molar-refractivity contribution in [1.29, 1.82) is 0 Å². The van der Waals surface area contributed by atoms with Gasteiger partial charge in [0.1, 0.15) is 0 Å². The molecule has 0 spiro atoms. The Morgan fingerprint density at radius 1 is 1.03 bits per heavy atom. The fraction of sp³-hybridized carbons (Fsp3) is 0.238. The molecule has 0 saturated carbocycles. The Kier molecular flexibility index (Phi) is 5.81. The molecule has 2 heterocycles. The SMILES string of the molecule is CCc1cccc(-n2nnc3cnc(Nc4ccc(CNCC(F)(F)F)cc4)nc32)c1. The number of hydrogen-bond donors (Lipinski definition) is 2. The average Bonchev–Trinajstić information content (AvgIpc) is 3.17. The maximum atomic E-state index is 12.2. The predicted molar refractivity (Wildman–Crippen MR) is 111 cm³/mol. The molecule has 10 heteroatoms. The summed E-state index contributed by atoms with van der Waals surface area (Å²) in [5.41, 5.74) is 4.63. The maximum absolute atomic E-state index is 12.2. The molecule has 7 nitrogen and oxygen atoms in total. The van der Waals surface area contributed by atoms with E-state index in [4.69, 9.17) is 0 Å². The molecule has 2 aromatic carbocycles. The minimum absolute atomic E-state index is 0.129. The van der Waals surface area contributed by atoms with Crippen LogP contribution < -0.4 is 10.6 Å². The second-order valence-corrected chi connectivity index (χ2v) is 6.97. The zero-order valence-corrected chi connectivity index (χ0v) is 16.7. The normalized spacial score (nSPS) is 11.7. The van der Waals surface area contributed by atoms with Crippen molar-refractivity contribution < 1.29 is 13.2 Å². The Morgan fingerprint density at radius 3 is 2.58 bits per heavy atom. The third-order valence-electron chi connectivity index (χ3n) is 4.62. The second kappa shape index (κ2) is 8.68. The van der Waals surface area contributed by atoms with Gasteiger partial charge in [-0.25, -0.2) is 4.98 Å². The van der Waals surface area contributed by atoms with Crippen LogP contribution in [-0.2, 0) is 13.0 Å². The first kappa shape index (κ1) is 20.7. The van der Waals surface area contributed by atoms with E-state index in [0.717, 1.165) is 17.7 Å². The van der Waals surface area contributed by atoms with Crippen LogP contribution >= 0.6 is 0 Å². The van der Waals surface area contributed by atoms with Crippen molar-refractivity contribution in [3.8, 4) is 5.69 Å². The number of halogens is 3. The quantitative estimate of drug-likeness (QED) is 0.461. The molecular formula is C21H20F3N7. The molecule has 0 aliphatic rings. The molecular weight excluding hydrogens is 407 g/mol. The lowest BCUT2D eigenvalue weighted by Crippen LogP contribution is -2.28. The van der Waals surface area contributed by atoms with Crippen LogP contribution in [0.15, 0.2) is 54.7 Å². The van der Waals surface area contributed by atoms with Gasteiger partial charge in [-0.3, -0.25) is 0 Å². The number of rotatable bonds is 7. The van der Waals surface area contributed by atoms with Gasteiger partial charge >= 0.3 is 6.18 Å². The van der Waals surface area contributed by atoms with Crippen LogP contribution in [0.25, 0.3) is 16.9 Å². The minimum Gasteiger partial charge on any atom is -0.324 e. The smallest absolute Gasteiger partial charge is 0.324 e. The third-order valence-corrected chi connectivity index (χ3v) is 4.62. The summed E-state index contributed by atoms with van der Waals surface area (Å²) in [5, 5.41) is 13.8. The second-order valence-electron chi connectivity index (χ2n) is 6.97. The third kappa shape index (κ3) is 5.15. The molecule has 0 saturated heterocycles. The molecule has 31 heavy (non-hydrogen) atoms. The standard InChI is InChI=1S/C21H20F3N7/c1-2-14-4-3-5-17(10-14)31-19-18(29-30-31)12-26-20(28-19)27-16-8-6-15(7-9-16)11-25-13-21(22,23)24/h3-10,12,25H,2,11,13H2,1H3,(H,26,27,28). The van der Waals surface area contributed by atoms with Gasteiger partial charge in [0.2, 0.25) is 5.95 Å². The fourth-order valence-corrected chi connectivity index (χ4v) is 3.05. The first-order valence-electron chi connectivity index (χ1n) is 9.72. The number of benzene rings is 2. The van der Waals surface area contributed by atoms with Gasteiger partial charge in [-0.2, -0.15) is 22.8 Å². The van der Waals surface area contributed by atoms with E-state index in [0.29, 0.717) is 22.8 Å². The van der Waals surface area contributed by atoms with Crippen LogP contribution in [-0.4, -0.2) is 37.7 Å². The first-order chi connectivity index (χ1) is 14.9. The van der Waals surface area contributed by atoms with Crippen LogP contribution in [0.3, 0.4) is 0 Å². The Labute approximate surface area is 176 Å². The molecule has 0 aliphatic carbocycles. The van der Waals surface area contributed by atoms with Crippen molar-refractivity contribution in [1.82, 2.24) is 30.3 Å². The summed E-state index contributed by atoms with van der Waals surface area (Å²) in [6.45, 7) is 1.19. The average molecular weight is 427 g/mol. The zero-order valence-electron chi connectivity index (χ0n) is 16.7. The molecule has 0 radical (unpaired) electrons. The van der Waals surface area contributed by atoms with Gasteiger partial charge in [-0.1, -0.05) is 36.4 Å². The van der Waals surface area contributed by atoms with Gasteiger partial charge < -0.3 is 10.6 Å². The highest BCUT2D eigenvalue weighted by Gasteiger charge is 2.26. The van der Waals surface area contributed by atoms with Crippen LogP contribution in [0, 0.1) is 0 Å². The highest BCUT2D eigenvalue weighted by Crippen LogP contribution is 2.19. The Hall–Kier alpha value is -3.53. The number of anilines is 2. The molecule has 0 unspecified atom stereocenters. The molecule has 160 valence electrons. The van der Waals surface area contributed by atoms with Gasteiger partial charge in [-0.15, -0.1) is 5.10 Å². The number of nitrogens with one attached hydrogen (secondary N) is 2. The minimum atomic E-state index is -4.23. The largest absolute Gasteiger partial charge is 0.401 e. The molecule has 0 amide bonds. The lowest BCUT2D eigenvalue weighted by atomic mass is 10.1. The van der Waals surface area contributed by atoms with E-state index in [1.54, 1.807) is 35.1 Å². The van der Waals surface area contributed by atoms with Crippen molar-refractivity contribution in [2.45, 2.75) is 26.1 Å². The van der Waals surface area contributed by atoms with Crippen molar-refractivity contribution >= 4 is 22.8 Å². The summed E-state index contributed by atoms with van der Waals surface area (Å²) in [6, 6.07) is 15.0. The molecule has 2 aromatic heterocycles. The van der Waals surface area contributed by atoms with E-state index in [9.17, 15) is 13.2 Å². The highest BCUT2D eigenvalue weighted by atomic mass is 19.4. The molecule has 4 aromatic rings. The van der Waals surface area contributed by atoms with Gasteiger partial charge in [0.05, 0.1) is 18.4 Å². The molecule has 0 bridgehead atoms. The van der Waals surface area contributed by atoms with Crippen molar-refractivity contribution in [3.63, 3.8) is 0 Å². The van der Waals surface area contributed by atoms with Gasteiger partial charge in [0.15, 0.2) is 11.2 Å². The lowest BCUT2D eigenvalue weighted by Gasteiger charge is -2.09. The number of aromatic nitrogens is 5. The Morgan fingerprint density at radius 2 is 1.84 bits per heavy atom. The number of nitrogens with zero attached hydrogens (tertiary/aromatic N) is 5. The number of alkyl halides is 3. The predicted octanol–water partition coefficient (Wildman–Crippen LogP) is 4.17. The summed E-state index contributed by atoms with van der Waals surface area (Å²) in [4.78, 5) is 8.81. The number of hydrogen-bond acceptors (Lipinski definition) is 6. The van der Waals surface area contributed by atoms with E-state index in [1.165, 1.54) is 5.56 Å². The van der Waals surface area contributed by atoms with Gasteiger partial charge in [0.25, 0.3) is 0 Å². The van der Waals surface area contributed by atoms with Crippen molar-refractivity contribution in [2.24, 2.45) is 0 Å². The van der Waals surface area contributed by atoms with Crippen molar-refractivity contribution in [2.75, 3.05) is 11.9 Å². The van der Waals surface area contributed by atoms with Crippen molar-refractivity contribution in [3.05, 3.63) is 65.9 Å². The molecule has 0 fully saturated rings. The summed E-state index contributed by atoms with van der Waals surface area (Å²) in [5.74, 6) is 0.366. The lowest BCUT2D eigenvalue weighted by molar-refractivity contribution is -0.125. The van der Waals surface area contributed by atoms with E-state index < -0.39 is 12.7 Å². The highest BCUT2D eigenvalue weighted by molar-refractivity contribution is 5.72. The van der Waals surface area contributed by atoms with Crippen LogP contribution in [0.2, 0.25) is 0 Å². The van der Waals surface area contributed by atoms with Gasteiger partial charge in [-0.05, 0) is 41.8 Å². The number of fused-ring (bicyclic) bond motifs is 1. The van der Waals surface area contributed by atoms with Crippen LogP contribution in [0.4, 0.5) is 24.8 Å². The Bertz CT molecular complexity index is 1170. The summed E-state index contributed by atoms with van der Waals surface area (Å²) in [6.07, 6.45) is -1.73. The Balaban J connectivity index is 1.50. The van der Waals surface area contributed by atoms with E-state index in [1.807, 2.05) is 24.3 Å². The summed E-state index contributed by atoms with van der Waals surface area (Å²) < 4.78 is 38.4. The topological polar surface area (TPSA) is 80.5 Å². The maximum Gasteiger partial charge on any atom is 0.401 e. The van der Waals surface area contributed by atoms with E-state index in [-0.39, 0.29) is 6.54 Å². The van der Waals surface area contributed by atoms with Crippen LogP contribution in [0.1, 0.15) is 18.1 Å². The van der Waals surface area contributed by atoms with E-state index >= 15 is 0 Å². The molecule has 0 atom stereocenters. The molecule has 2 N–H and O–H groups in total.